The van der Waals surface area contributed by atoms with E-state index in [1.165, 1.54) is 0 Å². The summed E-state index contributed by atoms with van der Waals surface area (Å²) in [6.07, 6.45) is 0.664. The third-order valence-electron chi connectivity index (χ3n) is 3.51. The van der Waals surface area contributed by atoms with Crippen LogP contribution in [0.1, 0.15) is 31.1 Å². The minimum atomic E-state index is -0.311. The fourth-order valence-electron chi connectivity index (χ4n) is 1.74. The molecule has 1 heterocycles. The van der Waals surface area contributed by atoms with Crippen LogP contribution in [0.2, 0.25) is 0 Å². The molecule has 0 unspecified atom stereocenters. The van der Waals surface area contributed by atoms with Crippen molar-refractivity contribution in [2.45, 2.75) is 32.4 Å². The van der Waals surface area contributed by atoms with Crippen LogP contribution in [-0.2, 0) is 13.0 Å². The third-order valence-corrected chi connectivity index (χ3v) is 3.51. The third kappa shape index (κ3) is 3.65. The molecule has 1 N–H and O–H groups in total. The first-order chi connectivity index (χ1) is 9.51. The number of benzene rings is 1. The number of aromatic nitrogens is 2. The fourth-order valence-corrected chi connectivity index (χ4v) is 1.74. The Balaban J connectivity index is 1.99. The summed E-state index contributed by atoms with van der Waals surface area (Å²) < 4.78 is 5.26. The molecule has 0 saturated heterocycles. The van der Waals surface area contributed by atoms with Gasteiger partial charge in [0.15, 0.2) is 5.82 Å². The Kier molecular flexibility index (Phi) is 4.52. The number of hydrogen-bond acceptors (Lipinski definition) is 5. The Labute approximate surface area is 119 Å². The molecule has 5 heteroatoms. The summed E-state index contributed by atoms with van der Waals surface area (Å²) in [7, 11) is 1.93. The molecule has 0 spiro atoms. The predicted molar refractivity (Wildman–Crippen MR) is 76.2 cm³/mol. The maximum absolute atomic E-state index is 9.33. The molecular formula is C15H21N3O2. The molecule has 0 saturated carbocycles. The van der Waals surface area contributed by atoms with Gasteiger partial charge in [-0.1, -0.05) is 35.5 Å². The van der Waals surface area contributed by atoms with E-state index in [0.717, 1.165) is 5.56 Å². The minimum Gasteiger partial charge on any atom is -0.394 e. The molecule has 1 aromatic carbocycles. The summed E-state index contributed by atoms with van der Waals surface area (Å²) >= 11 is 0. The molecule has 0 amide bonds. The van der Waals surface area contributed by atoms with Crippen LogP contribution in [0.3, 0.4) is 0 Å². The van der Waals surface area contributed by atoms with E-state index < -0.39 is 0 Å². The average Bonchev–Trinajstić information content (AvgIpc) is 2.87. The number of aliphatic hydroxyl groups is 1. The van der Waals surface area contributed by atoms with Gasteiger partial charge in [0.1, 0.15) is 0 Å². The van der Waals surface area contributed by atoms with Gasteiger partial charge < -0.3 is 9.63 Å². The Bertz CT molecular complexity index is 537. The number of hydrogen-bond donors (Lipinski definition) is 1. The molecule has 1 aromatic heterocycles. The molecular weight excluding hydrogens is 254 g/mol. The molecule has 0 bridgehead atoms. The summed E-state index contributed by atoms with van der Waals surface area (Å²) in [5, 5.41) is 13.3. The molecule has 2 rings (SSSR count). The minimum absolute atomic E-state index is 0.0779. The van der Waals surface area contributed by atoms with Crippen molar-refractivity contribution in [3.05, 3.63) is 47.6 Å². The van der Waals surface area contributed by atoms with Crippen LogP contribution in [0.15, 0.2) is 34.9 Å². The van der Waals surface area contributed by atoms with Gasteiger partial charge in [-0.3, -0.25) is 4.90 Å². The Morgan fingerprint density at radius 3 is 2.60 bits per heavy atom. The number of likely N-dealkylation sites (N-methyl/N-ethyl adjacent to an activating group) is 1. The smallest absolute Gasteiger partial charge is 0.240 e. The fraction of sp³-hybridized carbons (Fsp3) is 0.467. The largest absolute Gasteiger partial charge is 0.394 e. The molecule has 5 nitrogen and oxygen atoms in total. The van der Waals surface area contributed by atoms with E-state index in [4.69, 9.17) is 4.52 Å². The van der Waals surface area contributed by atoms with Crippen molar-refractivity contribution in [3.63, 3.8) is 0 Å². The standard InChI is InChI=1S/C15H21N3O2/c1-15(2,11-19)18(3)10-14-16-13(17-20-14)9-12-7-5-4-6-8-12/h4-8,19H,9-11H2,1-3H3. The van der Waals surface area contributed by atoms with E-state index in [1.807, 2.05) is 56.1 Å². The maximum atomic E-state index is 9.33. The predicted octanol–water partition coefficient (Wildman–Crippen LogP) is 1.86. The van der Waals surface area contributed by atoms with Gasteiger partial charge in [0.05, 0.1) is 13.2 Å². The van der Waals surface area contributed by atoms with Gasteiger partial charge in [0.25, 0.3) is 0 Å². The van der Waals surface area contributed by atoms with Gasteiger partial charge in [-0.15, -0.1) is 0 Å². The lowest BCUT2D eigenvalue weighted by molar-refractivity contribution is 0.0652. The van der Waals surface area contributed by atoms with Gasteiger partial charge in [-0.25, -0.2) is 0 Å². The first-order valence-electron chi connectivity index (χ1n) is 6.69. The number of rotatable bonds is 6. The van der Waals surface area contributed by atoms with Crippen molar-refractivity contribution in [3.8, 4) is 0 Å². The molecule has 0 aliphatic heterocycles. The molecule has 108 valence electrons. The second-order valence-corrected chi connectivity index (χ2v) is 5.59. The molecule has 0 radical (unpaired) electrons. The maximum Gasteiger partial charge on any atom is 0.240 e. The van der Waals surface area contributed by atoms with Crippen LogP contribution in [0.4, 0.5) is 0 Å². The van der Waals surface area contributed by atoms with Crippen molar-refractivity contribution in [1.29, 1.82) is 0 Å². The molecule has 20 heavy (non-hydrogen) atoms. The van der Waals surface area contributed by atoms with Gasteiger partial charge in [-0.05, 0) is 26.5 Å². The Morgan fingerprint density at radius 1 is 1.25 bits per heavy atom. The summed E-state index contributed by atoms with van der Waals surface area (Å²) in [6.45, 7) is 4.53. The highest BCUT2D eigenvalue weighted by Gasteiger charge is 2.24. The van der Waals surface area contributed by atoms with E-state index >= 15 is 0 Å². The summed E-state index contributed by atoms with van der Waals surface area (Å²) in [6, 6.07) is 10.0. The Morgan fingerprint density at radius 2 is 1.95 bits per heavy atom. The van der Waals surface area contributed by atoms with Crippen molar-refractivity contribution >= 4 is 0 Å². The van der Waals surface area contributed by atoms with Crippen molar-refractivity contribution in [2.24, 2.45) is 0 Å². The Hall–Kier alpha value is -1.72. The van der Waals surface area contributed by atoms with Crippen LogP contribution < -0.4 is 0 Å². The SMILES string of the molecule is CN(Cc1nc(Cc2ccccc2)no1)C(C)(C)CO. The van der Waals surface area contributed by atoms with E-state index in [0.29, 0.717) is 24.7 Å². The van der Waals surface area contributed by atoms with Crippen LogP contribution in [0.25, 0.3) is 0 Å². The van der Waals surface area contributed by atoms with Gasteiger partial charge in [0.2, 0.25) is 5.89 Å². The lowest BCUT2D eigenvalue weighted by atomic mass is 10.1. The second-order valence-electron chi connectivity index (χ2n) is 5.59. The van der Waals surface area contributed by atoms with Gasteiger partial charge in [-0.2, -0.15) is 4.98 Å². The summed E-state index contributed by atoms with van der Waals surface area (Å²) in [5.41, 5.74) is 0.845. The topological polar surface area (TPSA) is 62.4 Å². The lowest BCUT2D eigenvalue weighted by Gasteiger charge is -2.32. The first kappa shape index (κ1) is 14.7. The van der Waals surface area contributed by atoms with E-state index in [2.05, 4.69) is 10.1 Å². The van der Waals surface area contributed by atoms with E-state index in [1.54, 1.807) is 0 Å². The zero-order valence-corrected chi connectivity index (χ0v) is 12.2. The van der Waals surface area contributed by atoms with Crippen LogP contribution >= 0.6 is 0 Å². The number of aliphatic hydroxyl groups excluding tert-OH is 1. The molecule has 0 atom stereocenters. The quantitative estimate of drug-likeness (QED) is 0.872. The van der Waals surface area contributed by atoms with Crippen molar-refractivity contribution in [2.75, 3.05) is 13.7 Å². The van der Waals surface area contributed by atoms with Crippen LogP contribution in [-0.4, -0.2) is 39.3 Å². The van der Waals surface area contributed by atoms with Crippen LogP contribution in [0.5, 0.6) is 0 Å². The van der Waals surface area contributed by atoms with Gasteiger partial charge >= 0.3 is 0 Å². The first-order valence-corrected chi connectivity index (χ1v) is 6.69. The van der Waals surface area contributed by atoms with E-state index in [-0.39, 0.29) is 12.1 Å². The number of nitrogens with zero attached hydrogens (tertiary/aromatic N) is 3. The van der Waals surface area contributed by atoms with Crippen LogP contribution in [0, 0.1) is 0 Å². The van der Waals surface area contributed by atoms with Crippen molar-refractivity contribution in [1.82, 2.24) is 15.0 Å². The zero-order chi connectivity index (χ0) is 14.6. The second kappa shape index (κ2) is 6.15. The zero-order valence-electron chi connectivity index (χ0n) is 12.2. The summed E-state index contributed by atoms with van der Waals surface area (Å²) in [4.78, 5) is 6.39. The van der Waals surface area contributed by atoms with Crippen molar-refractivity contribution < 1.29 is 9.63 Å². The molecule has 2 aromatic rings. The van der Waals surface area contributed by atoms with E-state index in [9.17, 15) is 5.11 Å². The normalized spacial score (nSPS) is 12.1. The highest BCUT2D eigenvalue weighted by Crippen LogP contribution is 2.15. The molecule has 0 fully saturated rings. The molecule has 0 aliphatic rings. The monoisotopic (exact) mass is 275 g/mol. The average molecular weight is 275 g/mol. The molecule has 0 aliphatic carbocycles. The van der Waals surface area contributed by atoms with Gasteiger partial charge in [0, 0.05) is 12.0 Å². The summed E-state index contributed by atoms with van der Waals surface area (Å²) in [5.74, 6) is 1.25. The lowest BCUT2D eigenvalue weighted by Crippen LogP contribution is -2.43. The highest BCUT2D eigenvalue weighted by atomic mass is 16.5. The highest BCUT2D eigenvalue weighted by molar-refractivity contribution is 5.18.